The lowest BCUT2D eigenvalue weighted by atomic mass is 10.1. The predicted molar refractivity (Wildman–Crippen MR) is 88.5 cm³/mol. The predicted octanol–water partition coefficient (Wildman–Crippen LogP) is 3.08. The number of nitrogens with one attached hydrogen (secondary N) is 1. The van der Waals surface area contributed by atoms with Gasteiger partial charge < -0.3 is 10.5 Å². The van der Waals surface area contributed by atoms with E-state index in [2.05, 4.69) is 10.5 Å². The number of nitrogens with zero attached hydrogens (tertiary/aromatic N) is 1. The highest BCUT2D eigenvalue weighted by Crippen LogP contribution is 2.22. The van der Waals surface area contributed by atoms with E-state index < -0.39 is 5.91 Å². The summed E-state index contributed by atoms with van der Waals surface area (Å²) in [4.78, 5) is 12.2. The van der Waals surface area contributed by atoms with Crippen molar-refractivity contribution in [1.82, 2.24) is 5.43 Å². The van der Waals surface area contributed by atoms with Crippen LogP contribution in [0.2, 0.25) is 5.02 Å². The van der Waals surface area contributed by atoms with Crippen molar-refractivity contribution in [2.75, 3.05) is 12.8 Å². The van der Waals surface area contributed by atoms with E-state index in [0.29, 0.717) is 27.7 Å². The lowest BCUT2D eigenvalue weighted by Gasteiger charge is -2.08. The third kappa shape index (κ3) is 3.77. The molecule has 0 atom stereocenters. The van der Waals surface area contributed by atoms with Crippen LogP contribution in [0, 0.1) is 0 Å². The van der Waals surface area contributed by atoms with Crippen LogP contribution in [-0.2, 0) is 0 Å². The van der Waals surface area contributed by atoms with Gasteiger partial charge in [0.2, 0.25) is 0 Å². The number of hydrogen-bond acceptors (Lipinski definition) is 4. The molecule has 0 heterocycles. The van der Waals surface area contributed by atoms with Crippen LogP contribution in [0.15, 0.2) is 47.6 Å². The lowest BCUT2D eigenvalue weighted by molar-refractivity contribution is 0.0952. The van der Waals surface area contributed by atoms with Crippen molar-refractivity contribution in [2.45, 2.75) is 6.92 Å². The van der Waals surface area contributed by atoms with Gasteiger partial charge in [-0.3, -0.25) is 4.79 Å². The summed E-state index contributed by atoms with van der Waals surface area (Å²) in [6, 6.07) is 12.0. The Labute approximate surface area is 133 Å². The lowest BCUT2D eigenvalue weighted by Crippen LogP contribution is -2.20. The van der Waals surface area contributed by atoms with E-state index in [1.807, 2.05) is 12.1 Å². The summed E-state index contributed by atoms with van der Waals surface area (Å²) < 4.78 is 5.14. The summed E-state index contributed by atoms with van der Waals surface area (Å²) in [6.07, 6.45) is 0. The molecule has 2 rings (SSSR count). The van der Waals surface area contributed by atoms with Gasteiger partial charge in [0, 0.05) is 10.7 Å². The summed E-state index contributed by atoms with van der Waals surface area (Å²) in [6.45, 7) is 1.79. The maximum atomic E-state index is 12.2. The monoisotopic (exact) mass is 317 g/mol. The standard InChI is InChI=1S/C16H16ClN3O2/c1-10(11-3-6-13(18)7-4-11)19-20-16(21)14-9-12(17)5-8-15(14)22-2/h3-9H,18H2,1-2H3,(H,20,21)/b19-10+. The number of nitrogen functional groups attached to an aromatic ring is 1. The molecule has 0 saturated carbocycles. The molecule has 0 saturated heterocycles. The van der Waals surface area contributed by atoms with Gasteiger partial charge in [0.25, 0.3) is 5.91 Å². The van der Waals surface area contributed by atoms with Gasteiger partial charge in [-0.2, -0.15) is 5.10 Å². The van der Waals surface area contributed by atoms with Crippen LogP contribution in [0.25, 0.3) is 0 Å². The van der Waals surface area contributed by atoms with E-state index in [1.54, 1.807) is 31.2 Å². The second-order valence-electron chi connectivity index (χ2n) is 4.60. The van der Waals surface area contributed by atoms with Crippen molar-refractivity contribution in [2.24, 2.45) is 5.10 Å². The maximum absolute atomic E-state index is 12.2. The highest BCUT2D eigenvalue weighted by Gasteiger charge is 2.12. The number of hydrogen-bond donors (Lipinski definition) is 2. The number of methoxy groups -OCH3 is 1. The molecule has 6 heteroatoms. The van der Waals surface area contributed by atoms with Crippen molar-refractivity contribution in [3.05, 3.63) is 58.6 Å². The van der Waals surface area contributed by atoms with E-state index >= 15 is 0 Å². The van der Waals surface area contributed by atoms with Gasteiger partial charge in [0.05, 0.1) is 18.4 Å². The van der Waals surface area contributed by atoms with E-state index in [9.17, 15) is 4.79 Å². The molecule has 114 valence electrons. The van der Waals surface area contributed by atoms with Crippen LogP contribution in [0.4, 0.5) is 5.69 Å². The Morgan fingerprint density at radius 2 is 1.91 bits per heavy atom. The van der Waals surface area contributed by atoms with E-state index in [4.69, 9.17) is 22.1 Å². The molecule has 1 amide bonds. The minimum Gasteiger partial charge on any atom is -0.496 e. The van der Waals surface area contributed by atoms with Crippen LogP contribution in [0.3, 0.4) is 0 Å². The molecule has 2 aromatic carbocycles. The number of halogens is 1. The number of benzene rings is 2. The molecule has 0 fully saturated rings. The third-order valence-electron chi connectivity index (χ3n) is 3.06. The fraction of sp³-hybridized carbons (Fsp3) is 0.125. The number of anilines is 1. The molecule has 0 bridgehead atoms. The first-order valence-corrected chi connectivity index (χ1v) is 6.93. The second-order valence-corrected chi connectivity index (χ2v) is 5.04. The Kier molecular flexibility index (Phi) is 5.01. The van der Waals surface area contributed by atoms with E-state index in [-0.39, 0.29) is 0 Å². The van der Waals surface area contributed by atoms with Crippen molar-refractivity contribution in [1.29, 1.82) is 0 Å². The third-order valence-corrected chi connectivity index (χ3v) is 3.29. The Balaban J connectivity index is 2.17. The molecule has 0 spiro atoms. The van der Waals surface area contributed by atoms with Gasteiger partial charge in [-0.15, -0.1) is 0 Å². The number of carbonyl (C=O) groups excluding carboxylic acids is 1. The first-order valence-electron chi connectivity index (χ1n) is 6.55. The summed E-state index contributed by atoms with van der Waals surface area (Å²) in [7, 11) is 1.49. The molecule has 0 aliphatic heterocycles. The summed E-state index contributed by atoms with van der Waals surface area (Å²) in [5.74, 6) is 0.0383. The quantitative estimate of drug-likeness (QED) is 0.517. The molecule has 22 heavy (non-hydrogen) atoms. The van der Waals surface area contributed by atoms with Gasteiger partial charge in [-0.25, -0.2) is 5.43 Å². The van der Waals surface area contributed by atoms with Crippen LogP contribution in [0.1, 0.15) is 22.8 Å². The van der Waals surface area contributed by atoms with Crippen molar-refractivity contribution < 1.29 is 9.53 Å². The second kappa shape index (κ2) is 6.95. The van der Waals surface area contributed by atoms with Crippen molar-refractivity contribution in [3.8, 4) is 5.75 Å². The number of rotatable bonds is 4. The number of amides is 1. The number of carbonyl (C=O) groups is 1. The van der Waals surface area contributed by atoms with Gasteiger partial charge in [-0.1, -0.05) is 23.7 Å². The Morgan fingerprint density at radius 1 is 1.23 bits per heavy atom. The molecule has 2 aromatic rings. The van der Waals surface area contributed by atoms with Crippen LogP contribution >= 0.6 is 11.6 Å². The smallest absolute Gasteiger partial charge is 0.275 e. The van der Waals surface area contributed by atoms with Crippen LogP contribution < -0.4 is 15.9 Å². The molecule has 0 aliphatic carbocycles. The van der Waals surface area contributed by atoms with Gasteiger partial charge in [-0.05, 0) is 42.8 Å². The topological polar surface area (TPSA) is 76.7 Å². The Morgan fingerprint density at radius 3 is 2.55 bits per heavy atom. The molecule has 0 unspecified atom stereocenters. The van der Waals surface area contributed by atoms with Crippen LogP contribution in [-0.4, -0.2) is 18.7 Å². The SMILES string of the molecule is COc1ccc(Cl)cc1C(=O)N/N=C(\C)c1ccc(N)cc1. The molecule has 0 radical (unpaired) electrons. The zero-order valence-corrected chi connectivity index (χ0v) is 13.0. The minimum absolute atomic E-state index is 0.323. The Bertz CT molecular complexity index is 712. The summed E-state index contributed by atoms with van der Waals surface area (Å²) >= 11 is 5.91. The first-order chi connectivity index (χ1) is 10.5. The Hall–Kier alpha value is -2.53. The van der Waals surface area contributed by atoms with Crippen LogP contribution in [0.5, 0.6) is 5.75 Å². The fourth-order valence-electron chi connectivity index (χ4n) is 1.84. The summed E-state index contributed by atoms with van der Waals surface area (Å²) in [5.41, 5.74) is 10.7. The maximum Gasteiger partial charge on any atom is 0.275 e. The van der Waals surface area contributed by atoms with Gasteiger partial charge in [0.1, 0.15) is 5.75 Å². The number of ether oxygens (including phenoxy) is 1. The highest BCUT2D eigenvalue weighted by atomic mass is 35.5. The molecule has 3 N–H and O–H groups in total. The zero-order valence-electron chi connectivity index (χ0n) is 12.3. The van der Waals surface area contributed by atoms with Gasteiger partial charge >= 0.3 is 0 Å². The average Bonchev–Trinajstić information content (AvgIpc) is 2.53. The summed E-state index contributed by atoms with van der Waals surface area (Å²) in [5, 5.41) is 4.53. The molecule has 0 aromatic heterocycles. The van der Waals surface area contributed by atoms with E-state index in [0.717, 1.165) is 5.56 Å². The van der Waals surface area contributed by atoms with Gasteiger partial charge in [0.15, 0.2) is 0 Å². The fourth-order valence-corrected chi connectivity index (χ4v) is 2.01. The van der Waals surface area contributed by atoms with Crippen molar-refractivity contribution >= 4 is 28.9 Å². The largest absolute Gasteiger partial charge is 0.496 e. The minimum atomic E-state index is -0.394. The highest BCUT2D eigenvalue weighted by molar-refractivity contribution is 6.31. The number of hydrazone groups is 1. The average molecular weight is 318 g/mol. The molecular weight excluding hydrogens is 302 g/mol. The number of nitrogens with two attached hydrogens (primary N) is 1. The first kappa shape index (κ1) is 15.9. The zero-order chi connectivity index (χ0) is 16.1. The van der Waals surface area contributed by atoms with Crippen molar-refractivity contribution in [3.63, 3.8) is 0 Å². The normalized spacial score (nSPS) is 11.1. The molecule has 5 nitrogen and oxygen atoms in total. The molecular formula is C16H16ClN3O2. The molecule has 0 aliphatic rings. The van der Waals surface area contributed by atoms with E-state index in [1.165, 1.54) is 13.2 Å².